The fourth-order valence-corrected chi connectivity index (χ4v) is 2.67. The highest BCUT2D eigenvalue weighted by Gasteiger charge is 2.29. The van der Waals surface area contributed by atoms with Crippen molar-refractivity contribution in [1.29, 1.82) is 0 Å². The molecule has 0 spiro atoms. The van der Waals surface area contributed by atoms with Gasteiger partial charge in [0.1, 0.15) is 0 Å². The summed E-state index contributed by atoms with van der Waals surface area (Å²) in [6.45, 7) is 0.434. The molecule has 2 N–H and O–H groups in total. The van der Waals surface area contributed by atoms with E-state index in [1.165, 1.54) is 6.42 Å². The molecule has 1 aliphatic rings. The van der Waals surface area contributed by atoms with Crippen LogP contribution in [-0.2, 0) is 0 Å². The van der Waals surface area contributed by atoms with E-state index >= 15 is 0 Å². The second-order valence-electron chi connectivity index (χ2n) is 5.05. The highest BCUT2D eigenvalue weighted by atomic mass is 16.3. The zero-order valence-electron chi connectivity index (χ0n) is 10.8. The number of hydrogen-bond acceptors (Lipinski definition) is 2. The van der Waals surface area contributed by atoms with E-state index in [0.717, 1.165) is 23.7 Å². The molecule has 1 aromatic carbocycles. The third-order valence-electron chi connectivity index (χ3n) is 3.93. The summed E-state index contributed by atoms with van der Waals surface area (Å²) in [6, 6.07) is 8.00. The van der Waals surface area contributed by atoms with E-state index in [1.54, 1.807) is 0 Å². The molecule has 1 saturated carbocycles. The van der Waals surface area contributed by atoms with Crippen LogP contribution in [-0.4, -0.2) is 40.1 Å². The molecule has 0 saturated heterocycles. The number of carbonyl (C=O) groups is 1. The van der Waals surface area contributed by atoms with Crippen LogP contribution in [0.4, 0.5) is 0 Å². The molecule has 100 valence electrons. The van der Waals surface area contributed by atoms with Crippen molar-refractivity contribution < 1.29 is 9.90 Å². The van der Waals surface area contributed by atoms with E-state index in [0.29, 0.717) is 18.2 Å². The quantitative estimate of drug-likeness (QED) is 0.883. The Morgan fingerprint density at radius 3 is 2.89 bits per heavy atom. The van der Waals surface area contributed by atoms with Gasteiger partial charge in [-0.25, -0.2) is 0 Å². The monoisotopic (exact) mass is 258 g/mol. The van der Waals surface area contributed by atoms with Crippen LogP contribution in [0.5, 0.6) is 0 Å². The van der Waals surface area contributed by atoms with E-state index in [1.807, 2.05) is 35.4 Å². The predicted octanol–water partition coefficient (Wildman–Crippen LogP) is 2.15. The Hall–Kier alpha value is -1.81. The zero-order valence-corrected chi connectivity index (χ0v) is 10.8. The van der Waals surface area contributed by atoms with Crippen LogP contribution in [0.3, 0.4) is 0 Å². The van der Waals surface area contributed by atoms with Gasteiger partial charge in [0.2, 0.25) is 0 Å². The molecule has 1 fully saturated rings. The first kappa shape index (κ1) is 12.2. The lowest BCUT2D eigenvalue weighted by Gasteiger charge is -2.37. The summed E-state index contributed by atoms with van der Waals surface area (Å²) in [6.07, 6.45) is 5.12. The largest absolute Gasteiger partial charge is 0.395 e. The standard InChI is InChI=1S/C15H18N2O2/c18-10-9-17(12-4-2-5-12)15(19)13-6-1-3-11-7-8-16-14(11)13/h1,3,6-8,12,16,18H,2,4-5,9-10H2. The molecule has 2 aromatic rings. The van der Waals surface area contributed by atoms with Gasteiger partial charge in [0, 0.05) is 24.2 Å². The minimum atomic E-state index is 0.0168. The molecular formula is C15H18N2O2. The van der Waals surface area contributed by atoms with E-state index in [9.17, 15) is 9.90 Å². The fourth-order valence-electron chi connectivity index (χ4n) is 2.67. The highest BCUT2D eigenvalue weighted by Crippen LogP contribution is 2.27. The fraction of sp³-hybridized carbons (Fsp3) is 0.400. The second-order valence-corrected chi connectivity index (χ2v) is 5.05. The summed E-state index contributed by atoms with van der Waals surface area (Å²) >= 11 is 0. The molecule has 19 heavy (non-hydrogen) atoms. The maximum Gasteiger partial charge on any atom is 0.256 e. The van der Waals surface area contributed by atoms with Crippen LogP contribution in [0.1, 0.15) is 29.6 Å². The van der Waals surface area contributed by atoms with Gasteiger partial charge >= 0.3 is 0 Å². The van der Waals surface area contributed by atoms with Gasteiger partial charge in [-0.3, -0.25) is 4.79 Å². The van der Waals surface area contributed by atoms with Gasteiger partial charge in [-0.15, -0.1) is 0 Å². The van der Waals surface area contributed by atoms with Crippen molar-refractivity contribution in [3.8, 4) is 0 Å². The van der Waals surface area contributed by atoms with Gasteiger partial charge in [-0.1, -0.05) is 12.1 Å². The van der Waals surface area contributed by atoms with Crippen molar-refractivity contribution >= 4 is 16.8 Å². The Morgan fingerprint density at radius 1 is 1.37 bits per heavy atom. The molecule has 0 atom stereocenters. The van der Waals surface area contributed by atoms with Crippen LogP contribution in [0.2, 0.25) is 0 Å². The number of aliphatic hydroxyl groups excluding tert-OH is 1. The third kappa shape index (κ3) is 2.12. The van der Waals surface area contributed by atoms with E-state index in [2.05, 4.69) is 4.98 Å². The number of amides is 1. The zero-order chi connectivity index (χ0) is 13.2. The van der Waals surface area contributed by atoms with Gasteiger partial charge in [-0.2, -0.15) is 0 Å². The van der Waals surface area contributed by atoms with Crippen LogP contribution in [0.25, 0.3) is 10.9 Å². The number of aromatic nitrogens is 1. The number of fused-ring (bicyclic) bond motifs is 1. The van der Waals surface area contributed by atoms with E-state index in [4.69, 9.17) is 0 Å². The molecule has 1 heterocycles. The maximum absolute atomic E-state index is 12.7. The van der Waals surface area contributed by atoms with Gasteiger partial charge in [0.15, 0.2) is 0 Å². The molecule has 4 heteroatoms. The Bertz CT molecular complexity index is 587. The van der Waals surface area contributed by atoms with Crippen LogP contribution >= 0.6 is 0 Å². The first-order chi connectivity index (χ1) is 9.31. The number of nitrogens with zero attached hydrogens (tertiary/aromatic N) is 1. The molecule has 1 aliphatic carbocycles. The first-order valence-corrected chi connectivity index (χ1v) is 6.79. The van der Waals surface area contributed by atoms with Gasteiger partial charge in [-0.05, 0) is 31.4 Å². The lowest BCUT2D eigenvalue weighted by atomic mass is 9.91. The Labute approximate surface area is 112 Å². The number of carbonyl (C=O) groups excluding carboxylic acids is 1. The predicted molar refractivity (Wildman–Crippen MR) is 74.1 cm³/mol. The molecule has 0 radical (unpaired) electrons. The number of benzene rings is 1. The van der Waals surface area contributed by atoms with Gasteiger partial charge < -0.3 is 15.0 Å². The number of hydrogen-bond donors (Lipinski definition) is 2. The Kier molecular flexibility index (Phi) is 3.25. The minimum Gasteiger partial charge on any atom is -0.395 e. The van der Waals surface area contributed by atoms with Crippen molar-refractivity contribution in [3.63, 3.8) is 0 Å². The van der Waals surface area contributed by atoms with Gasteiger partial charge in [0.25, 0.3) is 5.91 Å². The number of para-hydroxylation sites is 1. The molecule has 0 bridgehead atoms. The van der Waals surface area contributed by atoms with Gasteiger partial charge in [0.05, 0.1) is 17.7 Å². The highest BCUT2D eigenvalue weighted by molar-refractivity contribution is 6.05. The molecule has 0 aliphatic heterocycles. The van der Waals surface area contributed by atoms with Crippen LogP contribution in [0.15, 0.2) is 30.5 Å². The number of aliphatic hydroxyl groups is 1. The van der Waals surface area contributed by atoms with Crippen LogP contribution in [0, 0.1) is 0 Å². The number of H-pyrrole nitrogens is 1. The summed E-state index contributed by atoms with van der Waals surface area (Å²) in [7, 11) is 0. The van der Waals surface area contributed by atoms with Crippen molar-refractivity contribution in [2.75, 3.05) is 13.2 Å². The maximum atomic E-state index is 12.7. The van der Waals surface area contributed by atoms with Crippen molar-refractivity contribution in [2.45, 2.75) is 25.3 Å². The summed E-state index contributed by atoms with van der Waals surface area (Å²) in [5, 5.41) is 10.2. The SMILES string of the molecule is O=C(c1cccc2cc[nH]c12)N(CCO)C1CCC1. The van der Waals surface area contributed by atoms with E-state index in [-0.39, 0.29) is 12.5 Å². The molecule has 1 aromatic heterocycles. The first-order valence-electron chi connectivity index (χ1n) is 6.79. The lowest BCUT2D eigenvalue weighted by molar-refractivity contribution is 0.0527. The average Bonchev–Trinajstić information content (AvgIpc) is 2.83. The summed E-state index contributed by atoms with van der Waals surface area (Å²) in [5.74, 6) is 0.0202. The molecule has 1 amide bonds. The van der Waals surface area contributed by atoms with E-state index < -0.39 is 0 Å². The Balaban J connectivity index is 1.94. The molecule has 4 nitrogen and oxygen atoms in total. The number of nitrogens with one attached hydrogen (secondary N) is 1. The molecular weight excluding hydrogens is 240 g/mol. The van der Waals surface area contributed by atoms with Crippen molar-refractivity contribution in [1.82, 2.24) is 9.88 Å². The topological polar surface area (TPSA) is 56.3 Å². The lowest BCUT2D eigenvalue weighted by Crippen LogP contribution is -2.45. The molecule has 0 unspecified atom stereocenters. The summed E-state index contributed by atoms with van der Waals surface area (Å²) in [4.78, 5) is 17.6. The summed E-state index contributed by atoms with van der Waals surface area (Å²) in [5.41, 5.74) is 1.58. The number of rotatable bonds is 4. The summed E-state index contributed by atoms with van der Waals surface area (Å²) < 4.78 is 0. The van der Waals surface area contributed by atoms with Crippen molar-refractivity contribution in [3.05, 3.63) is 36.0 Å². The molecule has 3 rings (SSSR count). The average molecular weight is 258 g/mol. The minimum absolute atomic E-state index is 0.0168. The van der Waals surface area contributed by atoms with Crippen molar-refractivity contribution in [2.24, 2.45) is 0 Å². The Morgan fingerprint density at radius 2 is 2.21 bits per heavy atom. The third-order valence-corrected chi connectivity index (χ3v) is 3.93. The number of aromatic amines is 1. The van der Waals surface area contributed by atoms with Crippen LogP contribution < -0.4 is 0 Å². The smallest absolute Gasteiger partial charge is 0.256 e. The second kappa shape index (κ2) is 5.05. The normalized spacial score (nSPS) is 15.4.